The Morgan fingerprint density at radius 3 is 2.41 bits per heavy atom. The lowest BCUT2D eigenvalue weighted by atomic mass is 10.1. The van der Waals surface area contributed by atoms with E-state index >= 15 is 0 Å². The molecule has 4 rings (SSSR count). The van der Waals surface area contributed by atoms with Crippen LogP contribution in [0.4, 0.5) is 11.4 Å². The van der Waals surface area contributed by atoms with E-state index in [4.69, 9.17) is 0 Å². The number of amides is 4. The molecule has 1 atom stereocenters. The van der Waals surface area contributed by atoms with E-state index in [-0.39, 0.29) is 35.6 Å². The fraction of sp³-hybridized carbons (Fsp3) is 0.273. The first-order valence-corrected chi connectivity index (χ1v) is 9.55. The fourth-order valence-electron chi connectivity index (χ4n) is 3.73. The molecule has 7 heteroatoms. The molecule has 7 nitrogen and oxygen atoms in total. The van der Waals surface area contributed by atoms with E-state index in [1.807, 2.05) is 24.3 Å². The Kier molecular flexibility index (Phi) is 4.66. The topological polar surface area (TPSA) is 86.8 Å². The highest BCUT2D eigenvalue weighted by molar-refractivity contribution is 6.21. The molecule has 2 aromatic rings. The van der Waals surface area contributed by atoms with Gasteiger partial charge in [0.05, 0.1) is 17.0 Å². The van der Waals surface area contributed by atoms with Gasteiger partial charge < -0.3 is 10.2 Å². The molecule has 1 saturated heterocycles. The molecular formula is C22H21N3O4. The molecule has 2 aliphatic heterocycles. The quantitative estimate of drug-likeness (QED) is 0.811. The molecule has 1 unspecified atom stereocenters. The van der Waals surface area contributed by atoms with Crippen LogP contribution >= 0.6 is 0 Å². The van der Waals surface area contributed by atoms with Crippen LogP contribution in [0, 0.1) is 5.92 Å². The zero-order valence-electron chi connectivity index (χ0n) is 16.3. The van der Waals surface area contributed by atoms with Crippen molar-refractivity contribution in [3.63, 3.8) is 0 Å². The van der Waals surface area contributed by atoms with Gasteiger partial charge in [-0.1, -0.05) is 19.1 Å². The first-order chi connectivity index (χ1) is 13.9. The number of carbonyl (C=O) groups is 4. The summed E-state index contributed by atoms with van der Waals surface area (Å²) in [5, 5.41) is 2.77. The van der Waals surface area contributed by atoms with Crippen LogP contribution in [0.15, 0.2) is 42.5 Å². The summed E-state index contributed by atoms with van der Waals surface area (Å²) in [6, 6.07) is 12.4. The first kappa shape index (κ1) is 18.9. The lowest BCUT2D eigenvalue weighted by Crippen LogP contribution is -2.28. The molecule has 0 aliphatic carbocycles. The van der Waals surface area contributed by atoms with Crippen LogP contribution in [0.25, 0.3) is 0 Å². The van der Waals surface area contributed by atoms with Gasteiger partial charge in [-0.15, -0.1) is 0 Å². The summed E-state index contributed by atoms with van der Waals surface area (Å²) >= 11 is 0. The largest absolute Gasteiger partial charge is 0.326 e. The minimum atomic E-state index is -0.485. The van der Waals surface area contributed by atoms with Gasteiger partial charge in [0.25, 0.3) is 11.8 Å². The Bertz CT molecular complexity index is 1030. The van der Waals surface area contributed by atoms with Crippen LogP contribution in [0.5, 0.6) is 0 Å². The SMILES string of the molecule is CCc1ccc(N2CC(C(=O)Nc3ccc4c(c3)C(=O)N(C)C4=O)CC2=O)cc1. The number of imide groups is 1. The third-order valence-electron chi connectivity index (χ3n) is 5.51. The maximum Gasteiger partial charge on any atom is 0.261 e. The van der Waals surface area contributed by atoms with Crippen molar-refractivity contribution in [2.24, 2.45) is 5.92 Å². The van der Waals surface area contributed by atoms with Crippen molar-refractivity contribution in [3.05, 3.63) is 59.2 Å². The van der Waals surface area contributed by atoms with Crippen LogP contribution in [-0.4, -0.2) is 42.1 Å². The highest BCUT2D eigenvalue weighted by atomic mass is 16.2. The lowest BCUT2D eigenvalue weighted by Gasteiger charge is -2.17. The number of anilines is 2. The molecule has 148 valence electrons. The molecule has 2 aromatic carbocycles. The average molecular weight is 391 g/mol. The maximum atomic E-state index is 12.7. The number of aryl methyl sites for hydroxylation is 1. The van der Waals surface area contributed by atoms with Gasteiger partial charge in [0, 0.05) is 31.4 Å². The van der Waals surface area contributed by atoms with Crippen molar-refractivity contribution < 1.29 is 19.2 Å². The van der Waals surface area contributed by atoms with E-state index in [0.29, 0.717) is 17.8 Å². The van der Waals surface area contributed by atoms with Gasteiger partial charge in [0.1, 0.15) is 0 Å². The predicted molar refractivity (Wildman–Crippen MR) is 108 cm³/mol. The molecular weight excluding hydrogens is 370 g/mol. The summed E-state index contributed by atoms with van der Waals surface area (Å²) in [7, 11) is 1.43. The van der Waals surface area contributed by atoms with E-state index in [1.54, 1.807) is 11.0 Å². The third-order valence-corrected chi connectivity index (χ3v) is 5.51. The summed E-state index contributed by atoms with van der Waals surface area (Å²) in [4.78, 5) is 51.9. The molecule has 1 fully saturated rings. The number of nitrogens with zero attached hydrogens (tertiary/aromatic N) is 2. The lowest BCUT2D eigenvalue weighted by molar-refractivity contribution is -0.122. The summed E-state index contributed by atoms with van der Waals surface area (Å²) in [6.45, 7) is 2.37. The number of rotatable bonds is 4. The van der Waals surface area contributed by atoms with E-state index < -0.39 is 5.92 Å². The summed E-state index contributed by atoms with van der Waals surface area (Å²) in [5.74, 6) is -1.60. The zero-order valence-corrected chi connectivity index (χ0v) is 16.3. The third kappa shape index (κ3) is 3.29. The molecule has 0 aromatic heterocycles. The van der Waals surface area contributed by atoms with Gasteiger partial charge in [0.15, 0.2) is 0 Å². The van der Waals surface area contributed by atoms with Gasteiger partial charge in [-0.3, -0.25) is 24.1 Å². The van der Waals surface area contributed by atoms with Crippen LogP contribution in [0.2, 0.25) is 0 Å². The Morgan fingerprint density at radius 1 is 1.03 bits per heavy atom. The van der Waals surface area contributed by atoms with Crippen LogP contribution in [0.1, 0.15) is 39.6 Å². The Balaban J connectivity index is 1.46. The van der Waals surface area contributed by atoms with Gasteiger partial charge in [-0.05, 0) is 42.3 Å². The summed E-state index contributed by atoms with van der Waals surface area (Å²) in [5.41, 5.74) is 3.00. The number of hydrogen-bond donors (Lipinski definition) is 1. The predicted octanol–water partition coefficient (Wildman–Crippen LogP) is 2.47. The minimum absolute atomic E-state index is 0.0919. The monoisotopic (exact) mass is 391 g/mol. The van der Waals surface area contributed by atoms with Crippen LogP contribution < -0.4 is 10.2 Å². The molecule has 0 bridgehead atoms. The Labute approximate surface area is 168 Å². The number of benzene rings is 2. The van der Waals surface area contributed by atoms with Crippen molar-refractivity contribution in [1.29, 1.82) is 0 Å². The number of nitrogens with one attached hydrogen (secondary N) is 1. The van der Waals surface area contributed by atoms with Gasteiger partial charge >= 0.3 is 0 Å². The van der Waals surface area contributed by atoms with Crippen molar-refractivity contribution in [2.45, 2.75) is 19.8 Å². The highest BCUT2D eigenvalue weighted by Crippen LogP contribution is 2.28. The smallest absolute Gasteiger partial charge is 0.261 e. The van der Waals surface area contributed by atoms with E-state index in [2.05, 4.69) is 12.2 Å². The Morgan fingerprint density at radius 2 is 1.72 bits per heavy atom. The van der Waals surface area contributed by atoms with Crippen LogP contribution in [-0.2, 0) is 16.0 Å². The van der Waals surface area contributed by atoms with Gasteiger partial charge in [0.2, 0.25) is 11.8 Å². The second kappa shape index (κ2) is 7.16. The van der Waals surface area contributed by atoms with E-state index in [9.17, 15) is 19.2 Å². The second-order valence-electron chi connectivity index (χ2n) is 7.34. The van der Waals surface area contributed by atoms with Gasteiger partial charge in [-0.2, -0.15) is 0 Å². The van der Waals surface area contributed by atoms with Crippen molar-refractivity contribution in [2.75, 3.05) is 23.8 Å². The molecule has 1 N–H and O–H groups in total. The first-order valence-electron chi connectivity index (χ1n) is 9.55. The standard InChI is InChI=1S/C22H21N3O4/c1-3-13-4-7-16(8-5-13)25-12-14(10-19(25)26)20(27)23-15-6-9-17-18(11-15)22(29)24(2)21(17)28/h4-9,11,14H,3,10,12H2,1-2H3,(H,23,27). The fourth-order valence-corrected chi connectivity index (χ4v) is 3.73. The second-order valence-corrected chi connectivity index (χ2v) is 7.34. The van der Waals surface area contributed by atoms with Crippen molar-refractivity contribution in [3.8, 4) is 0 Å². The van der Waals surface area contributed by atoms with Gasteiger partial charge in [-0.25, -0.2) is 0 Å². The summed E-state index contributed by atoms with van der Waals surface area (Å²) < 4.78 is 0. The zero-order chi connectivity index (χ0) is 20.7. The van der Waals surface area contributed by atoms with Crippen molar-refractivity contribution >= 4 is 35.0 Å². The minimum Gasteiger partial charge on any atom is -0.326 e. The van der Waals surface area contributed by atoms with E-state index in [1.165, 1.54) is 24.7 Å². The average Bonchev–Trinajstić information content (AvgIpc) is 3.22. The highest BCUT2D eigenvalue weighted by Gasteiger charge is 2.36. The Hall–Kier alpha value is -3.48. The molecule has 4 amide bonds. The number of carbonyl (C=O) groups excluding carboxylic acids is 4. The summed E-state index contributed by atoms with van der Waals surface area (Å²) in [6.07, 6.45) is 1.05. The van der Waals surface area contributed by atoms with Crippen LogP contribution in [0.3, 0.4) is 0 Å². The number of fused-ring (bicyclic) bond motifs is 1. The van der Waals surface area contributed by atoms with Crippen molar-refractivity contribution in [1.82, 2.24) is 4.90 Å². The molecule has 29 heavy (non-hydrogen) atoms. The molecule has 0 saturated carbocycles. The van der Waals surface area contributed by atoms with E-state index in [0.717, 1.165) is 17.0 Å². The number of hydrogen-bond acceptors (Lipinski definition) is 4. The normalized spacial score (nSPS) is 18.4. The molecule has 2 aliphatic rings. The molecule has 0 spiro atoms. The maximum absolute atomic E-state index is 12.7. The molecule has 2 heterocycles. The molecule has 0 radical (unpaired) electrons.